The molecule has 0 fully saturated rings. The maximum absolute atomic E-state index is 9.08. The molecule has 0 aliphatic carbocycles. The van der Waals surface area contributed by atoms with Crippen molar-refractivity contribution in [3.05, 3.63) is 0 Å². The molecule has 0 aliphatic rings. The van der Waals surface area contributed by atoms with Gasteiger partial charge in [-0.25, -0.2) is 0 Å². The molecule has 2 unspecified atom stereocenters. The topological polar surface area (TPSA) is 40.5 Å². The van der Waals surface area contributed by atoms with Crippen molar-refractivity contribution in [1.29, 1.82) is 0 Å². The first-order chi connectivity index (χ1) is 5.49. The summed E-state index contributed by atoms with van der Waals surface area (Å²) in [6.07, 6.45) is 0.862. The summed E-state index contributed by atoms with van der Waals surface area (Å²) in [6.45, 7) is 8.35. The molecule has 0 spiro atoms. The molecular weight excluding hydrogens is 152 g/mol. The van der Waals surface area contributed by atoms with Gasteiger partial charge in [0.2, 0.25) is 0 Å². The van der Waals surface area contributed by atoms with E-state index in [9.17, 15) is 0 Å². The molecule has 12 heavy (non-hydrogen) atoms. The van der Waals surface area contributed by atoms with Gasteiger partial charge in [-0.1, -0.05) is 34.1 Å². The van der Waals surface area contributed by atoms with Gasteiger partial charge < -0.3 is 10.2 Å². The third kappa shape index (κ3) is 4.07. The SMILES string of the molecule is CCC(C)CC(C(C)C)C(O)O. The van der Waals surface area contributed by atoms with E-state index in [-0.39, 0.29) is 5.92 Å². The van der Waals surface area contributed by atoms with E-state index >= 15 is 0 Å². The van der Waals surface area contributed by atoms with Crippen LogP contribution in [0.3, 0.4) is 0 Å². The highest BCUT2D eigenvalue weighted by Gasteiger charge is 2.22. The van der Waals surface area contributed by atoms with Gasteiger partial charge in [0, 0.05) is 5.92 Å². The normalized spacial score (nSPS) is 17.0. The van der Waals surface area contributed by atoms with Crippen LogP contribution in [0, 0.1) is 17.8 Å². The van der Waals surface area contributed by atoms with Gasteiger partial charge in [0.1, 0.15) is 0 Å². The fraction of sp³-hybridized carbons (Fsp3) is 1.00. The summed E-state index contributed by atoms with van der Waals surface area (Å²) in [5.41, 5.74) is 0. The molecule has 0 aromatic heterocycles. The van der Waals surface area contributed by atoms with E-state index < -0.39 is 6.29 Å². The molecule has 0 saturated heterocycles. The van der Waals surface area contributed by atoms with Crippen LogP contribution in [0.15, 0.2) is 0 Å². The number of hydrogen-bond acceptors (Lipinski definition) is 2. The summed E-state index contributed by atoms with van der Waals surface area (Å²) in [4.78, 5) is 0. The summed E-state index contributed by atoms with van der Waals surface area (Å²) >= 11 is 0. The van der Waals surface area contributed by atoms with Crippen LogP contribution in [-0.2, 0) is 0 Å². The minimum absolute atomic E-state index is 0.0277. The Morgan fingerprint density at radius 1 is 1.08 bits per heavy atom. The molecule has 2 atom stereocenters. The first kappa shape index (κ1) is 11.9. The lowest BCUT2D eigenvalue weighted by atomic mass is 9.85. The second-order valence-electron chi connectivity index (χ2n) is 4.07. The minimum atomic E-state index is -1.15. The summed E-state index contributed by atoms with van der Waals surface area (Å²) in [7, 11) is 0. The molecule has 2 N–H and O–H groups in total. The third-order valence-electron chi connectivity index (χ3n) is 2.61. The van der Waals surface area contributed by atoms with Crippen LogP contribution in [0.25, 0.3) is 0 Å². The van der Waals surface area contributed by atoms with Crippen LogP contribution in [-0.4, -0.2) is 16.5 Å². The van der Waals surface area contributed by atoms with Crippen molar-refractivity contribution >= 4 is 0 Å². The molecule has 0 amide bonds. The lowest BCUT2D eigenvalue weighted by Gasteiger charge is -2.25. The summed E-state index contributed by atoms with van der Waals surface area (Å²) in [6, 6.07) is 0. The standard InChI is InChI=1S/C10H22O2/c1-5-8(4)6-9(7(2)3)10(11)12/h7-12H,5-6H2,1-4H3. The van der Waals surface area contributed by atoms with E-state index in [1.807, 2.05) is 13.8 Å². The largest absolute Gasteiger partial charge is 0.368 e. The molecule has 0 heterocycles. The van der Waals surface area contributed by atoms with Crippen molar-refractivity contribution in [3.8, 4) is 0 Å². The van der Waals surface area contributed by atoms with Crippen molar-refractivity contribution in [3.63, 3.8) is 0 Å². The number of aliphatic hydroxyl groups is 2. The number of aliphatic hydroxyl groups excluding tert-OH is 1. The summed E-state index contributed by atoms with van der Waals surface area (Å²) < 4.78 is 0. The van der Waals surface area contributed by atoms with Crippen molar-refractivity contribution < 1.29 is 10.2 Å². The fourth-order valence-electron chi connectivity index (χ4n) is 1.37. The van der Waals surface area contributed by atoms with E-state index in [4.69, 9.17) is 10.2 Å². The predicted molar refractivity (Wildman–Crippen MR) is 50.6 cm³/mol. The molecule has 74 valence electrons. The molecule has 0 aromatic rings. The maximum Gasteiger partial charge on any atom is 0.154 e. The molecule has 2 heteroatoms. The van der Waals surface area contributed by atoms with Gasteiger partial charge in [-0.15, -0.1) is 0 Å². The zero-order chi connectivity index (χ0) is 9.72. The van der Waals surface area contributed by atoms with E-state index in [2.05, 4.69) is 13.8 Å². The summed E-state index contributed by atoms with van der Waals surface area (Å²) in [5.74, 6) is 0.957. The highest BCUT2D eigenvalue weighted by Crippen LogP contribution is 2.24. The first-order valence-electron chi connectivity index (χ1n) is 4.85. The van der Waals surface area contributed by atoms with E-state index in [0.717, 1.165) is 12.8 Å². The molecule has 0 aromatic carbocycles. The Balaban J connectivity index is 3.95. The third-order valence-corrected chi connectivity index (χ3v) is 2.61. The molecule has 0 rings (SSSR count). The van der Waals surface area contributed by atoms with Gasteiger partial charge in [0.25, 0.3) is 0 Å². The van der Waals surface area contributed by atoms with Gasteiger partial charge in [-0.05, 0) is 18.3 Å². The molecule has 0 radical (unpaired) electrons. The Kier molecular flexibility index (Phi) is 5.51. The summed E-state index contributed by atoms with van der Waals surface area (Å²) in [5, 5.41) is 18.2. The minimum Gasteiger partial charge on any atom is -0.368 e. The highest BCUT2D eigenvalue weighted by atomic mass is 16.5. The smallest absolute Gasteiger partial charge is 0.154 e. The average Bonchev–Trinajstić information content (AvgIpc) is 1.98. The quantitative estimate of drug-likeness (QED) is 0.626. The van der Waals surface area contributed by atoms with Gasteiger partial charge in [0.05, 0.1) is 0 Å². The van der Waals surface area contributed by atoms with Gasteiger partial charge >= 0.3 is 0 Å². The zero-order valence-corrected chi connectivity index (χ0v) is 8.62. The van der Waals surface area contributed by atoms with E-state index in [1.165, 1.54) is 0 Å². The number of hydrogen-bond donors (Lipinski definition) is 2. The zero-order valence-electron chi connectivity index (χ0n) is 8.62. The Morgan fingerprint density at radius 2 is 1.58 bits per heavy atom. The van der Waals surface area contributed by atoms with Crippen molar-refractivity contribution in [1.82, 2.24) is 0 Å². The highest BCUT2D eigenvalue weighted by molar-refractivity contribution is 4.67. The van der Waals surface area contributed by atoms with Crippen molar-refractivity contribution in [2.24, 2.45) is 17.8 Å². The molecular formula is C10H22O2. The van der Waals surface area contributed by atoms with E-state index in [0.29, 0.717) is 11.8 Å². The van der Waals surface area contributed by atoms with Gasteiger partial charge in [-0.2, -0.15) is 0 Å². The second-order valence-corrected chi connectivity index (χ2v) is 4.07. The molecule has 0 saturated carbocycles. The van der Waals surface area contributed by atoms with Crippen LogP contribution in [0.2, 0.25) is 0 Å². The van der Waals surface area contributed by atoms with Crippen LogP contribution in [0.4, 0.5) is 0 Å². The second kappa shape index (κ2) is 5.55. The lowest BCUT2D eigenvalue weighted by molar-refractivity contribution is -0.102. The van der Waals surface area contributed by atoms with Crippen LogP contribution in [0.1, 0.15) is 40.5 Å². The van der Waals surface area contributed by atoms with Crippen molar-refractivity contribution in [2.45, 2.75) is 46.8 Å². The lowest BCUT2D eigenvalue weighted by Crippen LogP contribution is -2.26. The van der Waals surface area contributed by atoms with Crippen LogP contribution < -0.4 is 0 Å². The Morgan fingerprint density at radius 3 is 1.83 bits per heavy atom. The molecule has 2 nitrogen and oxygen atoms in total. The van der Waals surface area contributed by atoms with Crippen LogP contribution >= 0.6 is 0 Å². The fourth-order valence-corrected chi connectivity index (χ4v) is 1.37. The van der Waals surface area contributed by atoms with Crippen molar-refractivity contribution in [2.75, 3.05) is 0 Å². The first-order valence-corrected chi connectivity index (χ1v) is 4.85. The Hall–Kier alpha value is -0.0800. The molecule has 0 aliphatic heterocycles. The Labute approximate surface area is 75.6 Å². The number of rotatable bonds is 5. The van der Waals surface area contributed by atoms with E-state index in [1.54, 1.807) is 0 Å². The average molecular weight is 174 g/mol. The Bertz CT molecular complexity index is 102. The van der Waals surface area contributed by atoms with Gasteiger partial charge in [0.15, 0.2) is 6.29 Å². The van der Waals surface area contributed by atoms with Gasteiger partial charge in [-0.3, -0.25) is 0 Å². The maximum atomic E-state index is 9.08. The monoisotopic (exact) mass is 174 g/mol. The molecule has 0 bridgehead atoms. The van der Waals surface area contributed by atoms with Crippen LogP contribution in [0.5, 0.6) is 0 Å². The predicted octanol–water partition coefficient (Wildman–Crippen LogP) is 2.01.